The number of hydrogen-bond donors (Lipinski definition) is 2. The second-order valence-corrected chi connectivity index (χ2v) is 5.81. The number of piperidine rings is 1. The highest BCUT2D eigenvalue weighted by Gasteiger charge is 2.33. The third kappa shape index (κ3) is 3.28. The van der Waals surface area contributed by atoms with E-state index >= 15 is 0 Å². The Hall–Kier alpha value is -2.57. The Morgan fingerprint density at radius 1 is 1.35 bits per heavy atom. The van der Waals surface area contributed by atoms with Gasteiger partial charge in [-0.2, -0.15) is 0 Å². The summed E-state index contributed by atoms with van der Waals surface area (Å²) in [6, 6.07) is 7.03. The Morgan fingerprint density at radius 2 is 2.13 bits per heavy atom. The van der Waals surface area contributed by atoms with E-state index in [4.69, 9.17) is 9.84 Å². The summed E-state index contributed by atoms with van der Waals surface area (Å²) in [5.74, 6) is -1.50. The van der Waals surface area contributed by atoms with Crippen LogP contribution in [0.3, 0.4) is 0 Å². The molecule has 1 fully saturated rings. The van der Waals surface area contributed by atoms with Gasteiger partial charge in [-0.15, -0.1) is 0 Å². The lowest BCUT2D eigenvalue weighted by Crippen LogP contribution is -2.46. The van der Waals surface area contributed by atoms with Crippen LogP contribution in [-0.4, -0.2) is 47.0 Å². The van der Waals surface area contributed by atoms with Gasteiger partial charge in [-0.05, 0) is 25.0 Å². The second-order valence-electron chi connectivity index (χ2n) is 5.81. The molecule has 1 aromatic carbocycles. The number of carbonyl (C=O) groups is 3. The summed E-state index contributed by atoms with van der Waals surface area (Å²) in [6.07, 6.45) is 0.255. The Kier molecular flexibility index (Phi) is 4.18. The van der Waals surface area contributed by atoms with Crippen LogP contribution in [0.15, 0.2) is 24.3 Å². The molecule has 7 nitrogen and oxygen atoms in total. The highest BCUT2D eigenvalue weighted by molar-refractivity contribution is 6.00. The first-order valence-corrected chi connectivity index (χ1v) is 7.61. The van der Waals surface area contributed by atoms with Crippen molar-refractivity contribution in [2.45, 2.75) is 25.4 Å². The smallest absolute Gasteiger partial charge is 0.308 e. The van der Waals surface area contributed by atoms with Gasteiger partial charge < -0.3 is 20.1 Å². The summed E-state index contributed by atoms with van der Waals surface area (Å²) in [6.45, 7) is 0.715. The Morgan fingerprint density at radius 3 is 2.91 bits per heavy atom. The van der Waals surface area contributed by atoms with Crippen molar-refractivity contribution in [3.63, 3.8) is 0 Å². The number of carboxylic acids is 1. The average Bonchev–Trinajstić information content (AvgIpc) is 2.55. The molecule has 2 N–H and O–H groups in total. The fraction of sp³-hybridized carbons (Fsp3) is 0.438. The molecule has 1 aromatic rings. The van der Waals surface area contributed by atoms with Crippen molar-refractivity contribution in [2.75, 3.05) is 18.4 Å². The molecule has 1 saturated heterocycles. The zero-order chi connectivity index (χ0) is 16.4. The largest absolute Gasteiger partial charge is 0.481 e. The molecule has 2 heterocycles. The molecular formula is C16H18N2O5. The molecule has 2 aliphatic heterocycles. The number of amides is 2. The molecule has 0 radical (unpaired) electrons. The number of fused-ring (bicyclic) bond motifs is 1. The molecule has 2 atom stereocenters. The molecule has 0 aromatic heterocycles. The summed E-state index contributed by atoms with van der Waals surface area (Å²) in [5.41, 5.74) is 0.588. The predicted molar refractivity (Wildman–Crippen MR) is 81.0 cm³/mol. The van der Waals surface area contributed by atoms with Crippen LogP contribution < -0.4 is 10.1 Å². The third-order valence-electron chi connectivity index (χ3n) is 4.19. The van der Waals surface area contributed by atoms with Crippen molar-refractivity contribution >= 4 is 23.5 Å². The maximum absolute atomic E-state index is 12.4. The van der Waals surface area contributed by atoms with Crippen LogP contribution in [0.5, 0.6) is 5.75 Å². The highest BCUT2D eigenvalue weighted by atomic mass is 16.5. The number of para-hydroxylation sites is 2. The molecule has 2 amide bonds. The molecule has 2 aliphatic rings. The van der Waals surface area contributed by atoms with Gasteiger partial charge in [0, 0.05) is 13.1 Å². The van der Waals surface area contributed by atoms with Crippen molar-refractivity contribution in [2.24, 2.45) is 5.92 Å². The highest BCUT2D eigenvalue weighted by Crippen LogP contribution is 2.30. The summed E-state index contributed by atoms with van der Waals surface area (Å²) >= 11 is 0. The zero-order valence-corrected chi connectivity index (χ0v) is 12.5. The zero-order valence-electron chi connectivity index (χ0n) is 12.5. The quantitative estimate of drug-likeness (QED) is 0.870. The number of hydrogen-bond acceptors (Lipinski definition) is 4. The molecule has 23 heavy (non-hydrogen) atoms. The molecular weight excluding hydrogens is 300 g/mol. The van der Waals surface area contributed by atoms with Gasteiger partial charge in [-0.3, -0.25) is 14.4 Å². The topological polar surface area (TPSA) is 95.9 Å². The van der Waals surface area contributed by atoms with Crippen LogP contribution in [-0.2, 0) is 14.4 Å². The Bertz CT molecular complexity index is 645. The van der Waals surface area contributed by atoms with Gasteiger partial charge in [0.15, 0.2) is 6.10 Å². The number of carboxylic acid groups (broad SMARTS) is 1. The molecule has 0 spiro atoms. The van der Waals surface area contributed by atoms with Crippen molar-refractivity contribution in [1.82, 2.24) is 4.90 Å². The first-order valence-electron chi connectivity index (χ1n) is 7.61. The van der Waals surface area contributed by atoms with Crippen molar-refractivity contribution in [3.05, 3.63) is 24.3 Å². The molecule has 1 unspecified atom stereocenters. The number of benzene rings is 1. The van der Waals surface area contributed by atoms with Gasteiger partial charge in [0.05, 0.1) is 18.0 Å². The molecule has 0 saturated carbocycles. The molecule has 3 rings (SSSR count). The van der Waals surface area contributed by atoms with Crippen LogP contribution in [0, 0.1) is 5.92 Å². The molecule has 122 valence electrons. The van der Waals surface area contributed by atoms with E-state index in [1.165, 1.54) is 4.90 Å². The average molecular weight is 318 g/mol. The van der Waals surface area contributed by atoms with E-state index in [0.717, 1.165) is 0 Å². The van der Waals surface area contributed by atoms with E-state index < -0.39 is 18.0 Å². The van der Waals surface area contributed by atoms with E-state index in [2.05, 4.69) is 5.32 Å². The Balaban J connectivity index is 1.64. The maximum Gasteiger partial charge on any atom is 0.308 e. The van der Waals surface area contributed by atoms with Gasteiger partial charge in [0.1, 0.15) is 5.75 Å². The van der Waals surface area contributed by atoms with Crippen LogP contribution in [0.1, 0.15) is 19.3 Å². The van der Waals surface area contributed by atoms with Gasteiger partial charge >= 0.3 is 5.97 Å². The number of nitrogens with zero attached hydrogens (tertiary/aromatic N) is 1. The number of rotatable bonds is 3. The van der Waals surface area contributed by atoms with Crippen molar-refractivity contribution in [3.8, 4) is 5.75 Å². The van der Waals surface area contributed by atoms with E-state index in [1.807, 2.05) is 0 Å². The molecule has 0 aliphatic carbocycles. The Labute approximate surface area is 133 Å². The minimum atomic E-state index is -0.886. The first-order chi connectivity index (χ1) is 11.0. The lowest BCUT2D eigenvalue weighted by Gasteiger charge is -2.32. The van der Waals surface area contributed by atoms with E-state index in [0.29, 0.717) is 30.8 Å². The summed E-state index contributed by atoms with van der Waals surface area (Å²) in [7, 11) is 0. The number of ether oxygens (including phenoxy) is 1. The van der Waals surface area contributed by atoms with Gasteiger partial charge in [-0.1, -0.05) is 12.1 Å². The summed E-state index contributed by atoms with van der Waals surface area (Å²) in [4.78, 5) is 37.0. The fourth-order valence-electron chi connectivity index (χ4n) is 2.92. The minimum absolute atomic E-state index is 0.0908. The minimum Gasteiger partial charge on any atom is -0.481 e. The SMILES string of the molecule is O=C1Nc2ccccc2OC1CC(=O)N1CCC[C@H](C(=O)O)C1. The van der Waals surface area contributed by atoms with E-state index in [1.54, 1.807) is 24.3 Å². The van der Waals surface area contributed by atoms with Crippen LogP contribution >= 0.6 is 0 Å². The third-order valence-corrected chi connectivity index (χ3v) is 4.19. The summed E-state index contributed by atoms with van der Waals surface area (Å²) in [5, 5.41) is 11.8. The van der Waals surface area contributed by atoms with E-state index in [-0.39, 0.29) is 24.8 Å². The predicted octanol–water partition coefficient (Wildman–Crippen LogP) is 1.10. The van der Waals surface area contributed by atoms with Crippen LogP contribution in [0.4, 0.5) is 5.69 Å². The molecule has 0 bridgehead atoms. The first kappa shape index (κ1) is 15.3. The number of aliphatic carboxylic acids is 1. The van der Waals surface area contributed by atoms with Gasteiger partial charge in [0.25, 0.3) is 5.91 Å². The number of nitrogens with one attached hydrogen (secondary N) is 1. The van der Waals surface area contributed by atoms with Gasteiger partial charge in [0.2, 0.25) is 5.91 Å². The normalized spacial score (nSPS) is 23.5. The van der Waals surface area contributed by atoms with E-state index in [9.17, 15) is 14.4 Å². The fourth-order valence-corrected chi connectivity index (χ4v) is 2.92. The van der Waals surface area contributed by atoms with Gasteiger partial charge in [-0.25, -0.2) is 0 Å². The maximum atomic E-state index is 12.4. The standard InChI is InChI=1S/C16H18N2O5/c19-14(18-7-3-4-10(9-18)16(21)22)8-13-15(20)17-11-5-1-2-6-12(11)23-13/h1-2,5-6,10,13H,3-4,7-9H2,(H,17,20)(H,21,22)/t10-,13?/m0/s1. The lowest BCUT2D eigenvalue weighted by atomic mass is 9.98. The number of likely N-dealkylation sites (tertiary alicyclic amines) is 1. The lowest BCUT2D eigenvalue weighted by molar-refractivity contribution is -0.146. The van der Waals surface area contributed by atoms with Crippen molar-refractivity contribution < 1.29 is 24.2 Å². The van der Waals surface area contributed by atoms with Crippen LogP contribution in [0.25, 0.3) is 0 Å². The summed E-state index contributed by atoms with van der Waals surface area (Å²) < 4.78 is 5.60. The number of anilines is 1. The van der Waals surface area contributed by atoms with Crippen LogP contribution in [0.2, 0.25) is 0 Å². The monoisotopic (exact) mass is 318 g/mol. The second kappa shape index (κ2) is 6.28. The molecule has 7 heteroatoms. The van der Waals surface area contributed by atoms with Crippen molar-refractivity contribution in [1.29, 1.82) is 0 Å². The number of carbonyl (C=O) groups excluding carboxylic acids is 2.